The molecular formula is C10H6F3N3. The van der Waals surface area contributed by atoms with Crippen LogP contribution in [0.25, 0.3) is 0 Å². The number of aromatic nitrogens is 1. The minimum absolute atomic E-state index is 0.0499. The van der Waals surface area contributed by atoms with Crippen molar-refractivity contribution < 1.29 is 13.2 Å². The second kappa shape index (κ2) is 4.54. The summed E-state index contributed by atoms with van der Waals surface area (Å²) < 4.78 is 37.2. The molecule has 0 radical (unpaired) electrons. The minimum Gasteiger partial charge on any atom is -0.383 e. The molecule has 0 aliphatic carbocycles. The van der Waals surface area contributed by atoms with Crippen LogP contribution in [0.5, 0.6) is 0 Å². The van der Waals surface area contributed by atoms with E-state index in [0.29, 0.717) is 0 Å². The number of nitrogens with two attached hydrogens (primary N) is 1. The molecule has 0 bridgehead atoms. The van der Waals surface area contributed by atoms with Gasteiger partial charge < -0.3 is 5.73 Å². The lowest BCUT2D eigenvalue weighted by atomic mass is 10.2. The maximum absolute atomic E-state index is 12.4. The van der Waals surface area contributed by atoms with E-state index in [0.717, 1.165) is 12.3 Å². The maximum atomic E-state index is 12.4. The van der Waals surface area contributed by atoms with E-state index in [2.05, 4.69) is 16.8 Å². The first-order chi connectivity index (χ1) is 7.45. The Hall–Kier alpha value is -2.21. The van der Waals surface area contributed by atoms with Crippen LogP contribution in [0.4, 0.5) is 19.0 Å². The summed E-state index contributed by atoms with van der Waals surface area (Å²) in [6.07, 6.45) is -3.47. The average Bonchev–Trinajstić information content (AvgIpc) is 2.19. The number of anilines is 1. The van der Waals surface area contributed by atoms with Gasteiger partial charge in [-0.1, -0.05) is 11.8 Å². The average molecular weight is 225 g/mol. The van der Waals surface area contributed by atoms with Gasteiger partial charge in [-0.15, -0.1) is 0 Å². The van der Waals surface area contributed by atoms with Gasteiger partial charge in [0.2, 0.25) is 0 Å². The van der Waals surface area contributed by atoms with Crippen LogP contribution < -0.4 is 5.73 Å². The van der Waals surface area contributed by atoms with Gasteiger partial charge in [0.15, 0.2) is 0 Å². The molecule has 0 spiro atoms. The largest absolute Gasteiger partial charge is 0.419 e. The Morgan fingerprint density at radius 1 is 1.44 bits per heavy atom. The van der Waals surface area contributed by atoms with Crippen molar-refractivity contribution in [3.8, 4) is 17.9 Å². The van der Waals surface area contributed by atoms with Gasteiger partial charge in [0.05, 0.1) is 18.1 Å². The normalized spacial score (nSPS) is 10.1. The number of nitrogens with zero attached hydrogens (tertiary/aromatic N) is 2. The summed E-state index contributed by atoms with van der Waals surface area (Å²) in [6.45, 7) is 0. The Bertz CT molecular complexity index is 489. The minimum atomic E-state index is -4.55. The maximum Gasteiger partial charge on any atom is 0.419 e. The van der Waals surface area contributed by atoms with E-state index < -0.39 is 17.6 Å². The lowest BCUT2D eigenvalue weighted by molar-refractivity contribution is -0.137. The van der Waals surface area contributed by atoms with Crippen molar-refractivity contribution >= 4 is 5.82 Å². The van der Waals surface area contributed by atoms with Gasteiger partial charge >= 0.3 is 6.18 Å². The topological polar surface area (TPSA) is 62.7 Å². The van der Waals surface area contributed by atoms with E-state index in [9.17, 15) is 13.2 Å². The van der Waals surface area contributed by atoms with E-state index >= 15 is 0 Å². The highest BCUT2D eigenvalue weighted by Crippen LogP contribution is 2.32. The number of pyridine rings is 1. The Labute approximate surface area is 89.7 Å². The number of alkyl halides is 3. The van der Waals surface area contributed by atoms with Crippen molar-refractivity contribution in [3.63, 3.8) is 0 Å². The number of nitriles is 1. The molecule has 1 aromatic rings. The van der Waals surface area contributed by atoms with Crippen molar-refractivity contribution in [2.24, 2.45) is 0 Å². The van der Waals surface area contributed by atoms with Gasteiger partial charge in [0, 0.05) is 11.8 Å². The molecule has 0 amide bonds. The van der Waals surface area contributed by atoms with Crippen LogP contribution in [0.15, 0.2) is 12.3 Å². The number of halogens is 3. The van der Waals surface area contributed by atoms with Crippen molar-refractivity contribution in [1.29, 1.82) is 5.26 Å². The molecule has 82 valence electrons. The molecule has 0 saturated heterocycles. The van der Waals surface area contributed by atoms with Crippen LogP contribution >= 0.6 is 0 Å². The fourth-order valence-electron chi connectivity index (χ4n) is 0.957. The third kappa shape index (κ3) is 2.89. The van der Waals surface area contributed by atoms with Crippen LogP contribution in [0.2, 0.25) is 0 Å². The first kappa shape index (κ1) is 11.9. The van der Waals surface area contributed by atoms with E-state index in [1.807, 2.05) is 0 Å². The monoisotopic (exact) mass is 225 g/mol. The first-order valence-electron chi connectivity index (χ1n) is 4.13. The molecule has 2 N–H and O–H groups in total. The molecule has 0 aliphatic heterocycles. The number of rotatable bonds is 0. The van der Waals surface area contributed by atoms with E-state index in [4.69, 9.17) is 11.0 Å². The third-order valence-corrected chi connectivity index (χ3v) is 1.62. The van der Waals surface area contributed by atoms with Crippen LogP contribution in [-0.2, 0) is 6.18 Å². The van der Waals surface area contributed by atoms with Crippen LogP contribution in [0, 0.1) is 23.2 Å². The highest BCUT2D eigenvalue weighted by atomic mass is 19.4. The molecule has 1 aromatic heterocycles. The number of hydrogen-bond acceptors (Lipinski definition) is 3. The van der Waals surface area contributed by atoms with Gasteiger partial charge in [-0.2, -0.15) is 18.4 Å². The van der Waals surface area contributed by atoms with E-state index in [1.54, 1.807) is 6.07 Å². The second-order valence-electron chi connectivity index (χ2n) is 2.79. The molecule has 6 heteroatoms. The standard InChI is InChI=1S/C10H6F3N3/c11-10(12,13)8-5-7(3-1-2-4-14)6-16-9(8)15/h5-6H,2H2,(H2,15,16). The molecule has 0 aromatic carbocycles. The summed E-state index contributed by atoms with van der Waals surface area (Å²) in [4.78, 5) is 3.40. The van der Waals surface area contributed by atoms with Crippen molar-refractivity contribution in [1.82, 2.24) is 4.98 Å². The quantitative estimate of drug-likeness (QED) is 0.686. The van der Waals surface area contributed by atoms with E-state index in [-0.39, 0.29) is 12.0 Å². The number of hydrogen-bond donors (Lipinski definition) is 1. The lowest BCUT2D eigenvalue weighted by Gasteiger charge is -2.08. The molecule has 0 aliphatic rings. The van der Waals surface area contributed by atoms with Crippen LogP contribution in [0.1, 0.15) is 17.5 Å². The van der Waals surface area contributed by atoms with Gasteiger partial charge in [0.1, 0.15) is 5.82 Å². The second-order valence-corrected chi connectivity index (χ2v) is 2.79. The summed E-state index contributed by atoms with van der Waals surface area (Å²) >= 11 is 0. The predicted molar refractivity (Wildman–Crippen MR) is 50.8 cm³/mol. The molecule has 1 heterocycles. The SMILES string of the molecule is N#CCC#Cc1cnc(N)c(C(F)(F)F)c1. The summed E-state index contributed by atoms with van der Waals surface area (Å²) in [5.41, 5.74) is 4.16. The lowest BCUT2D eigenvalue weighted by Crippen LogP contribution is -2.10. The van der Waals surface area contributed by atoms with Gasteiger partial charge in [-0.3, -0.25) is 0 Å². The van der Waals surface area contributed by atoms with Crippen molar-refractivity contribution in [2.45, 2.75) is 12.6 Å². The van der Waals surface area contributed by atoms with Crippen LogP contribution in [0.3, 0.4) is 0 Å². The zero-order valence-electron chi connectivity index (χ0n) is 7.97. The molecule has 16 heavy (non-hydrogen) atoms. The summed E-state index contributed by atoms with van der Waals surface area (Å²) in [5.74, 6) is 4.20. The molecular weight excluding hydrogens is 219 g/mol. The molecule has 0 atom stereocenters. The highest BCUT2D eigenvalue weighted by molar-refractivity contribution is 5.47. The van der Waals surface area contributed by atoms with Gasteiger partial charge in [-0.05, 0) is 6.07 Å². The molecule has 3 nitrogen and oxygen atoms in total. The zero-order valence-corrected chi connectivity index (χ0v) is 7.97. The Morgan fingerprint density at radius 3 is 2.69 bits per heavy atom. The van der Waals surface area contributed by atoms with Crippen molar-refractivity contribution in [3.05, 3.63) is 23.4 Å². The summed E-state index contributed by atoms with van der Waals surface area (Å²) in [5, 5.41) is 8.20. The van der Waals surface area contributed by atoms with Gasteiger partial charge in [-0.25, -0.2) is 4.98 Å². The first-order valence-corrected chi connectivity index (χ1v) is 4.13. The Kier molecular flexibility index (Phi) is 3.37. The number of nitrogen functional groups attached to an aromatic ring is 1. The summed E-state index contributed by atoms with van der Waals surface area (Å²) in [6, 6.07) is 2.57. The fourth-order valence-corrected chi connectivity index (χ4v) is 0.957. The smallest absolute Gasteiger partial charge is 0.383 e. The summed E-state index contributed by atoms with van der Waals surface area (Å²) in [7, 11) is 0. The fraction of sp³-hybridized carbons (Fsp3) is 0.200. The Balaban J connectivity index is 3.11. The predicted octanol–water partition coefficient (Wildman–Crippen LogP) is 1.95. The Morgan fingerprint density at radius 2 is 2.12 bits per heavy atom. The highest BCUT2D eigenvalue weighted by Gasteiger charge is 2.33. The van der Waals surface area contributed by atoms with E-state index in [1.165, 1.54) is 0 Å². The van der Waals surface area contributed by atoms with Crippen LogP contribution in [-0.4, -0.2) is 4.98 Å². The van der Waals surface area contributed by atoms with Gasteiger partial charge in [0.25, 0.3) is 0 Å². The molecule has 0 saturated carbocycles. The third-order valence-electron chi connectivity index (χ3n) is 1.62. The van der Waals surface area contributed by atoms with Crippen molar-refractivity contribution in [2.75, 3.05) is 5.73 Å². The molecule has 0 unspecified atom stereocenters. The molecule has 1 rings (SSSR count). The zero-order chi connectivity index (χ0) is 12.2. The molecule has 0 fully saturated rings.